The standard InChI is InChI=1S/C11H21NO2.C11H23NO/c1-10(2)6-9-14-11(13)12-7-4-3-5-8-12;1-11(2)5-3-4-6-12-7-9-13-10-8-12/h10H,3-9H2,1-2H3;11H,3-10H2,1-2H3. The third kappa shape index (κ3) is 13.1. The van der Waals surface area contributed by atoms with Crippen molar-refractivity contribution in [2.24, 2.45) is 11.8 Å². The zero-order valence-corrected chi connectivity index (χ0v) is 18.4. The fourth-order valence-corrected chi connectivity index (χ4v) is 3.26. The van der Waals surface area contributed by atoms with Crippen molar-refractivity contribution in [3.05, 3.63) is 0 Å². The van der Waals surface area contributed by atoms with E-state index in [1.807, 2.05) is 4.90 Å². The second-order valence-corrected chi connectivity index (χ2v) is 8.69. The lowest BCUT2D eigenvalue weighted by molar-refractivity contribution is 0.0370. The molecule has 0 N–H and O–H groups in total. The molecule has 2 saturated heterocycles. The Labute approximate surface area is 167 Å². The van der Waals surface area contributed by atoms with Crippen molar-refractivity contribution in [3.63, 3.8) is 0 Å². The molecule has 0 aromatic rings. The minimum atomic E-state index is -0.120. The summed E-state index contributed by atoms with van der Waals surface area (Å²) >= 11 is 0. The van der Waals surface area contributed by atoms with E-state index in [0.29, 0.717) is 12.5 Å². The zero-order chi connectivity index (χ0) is 19.9. The van der Waals surface area contributed by atoms with Gasteiger partial charge in [-0.05, 0) is 50.5 Å². The van der Waals surface area contributed by atoms with Gasteiger partial charge in [-0.15, -0.1) is 0 Å². The molecular weight excluding hydrogens is 340 g/mol. The van der Waals surface area contributed by atoms with Crippen molar-refractivity contribution < 1.29 is 14.3 Å². The van der Waals surface area contributed by atoms with Gasteiger partial charge in [0.2, 0.25) is 0 Å². The highest BCUT2D eigenvalue weighted by Gasteiger charge is 2.17. The van der Waals surface area contributed by atoms with Crippen LogP contribution in [0.3, 0.4) is 0 Å². The maximum absolute atomic E-state index is 11.5. The van der Waals surface area contributed by atoms with E-state index in [9.17, 15) is 4.79 Å². The minimum Gasteiger partial charge on any atom is -0.449 e. The normalized spacial score (nSPS) is 18.4. The van der Waals surface area contributed by atoms with Crippen LogP contribution < -0.4 is 0 Å². The summed E-state index contributed by atoms with van der Waals surface area (Å²) in [7, 11) is 0. The van der Waals surface area contributed by atoms with Gasteiger partial charge < -0.3 is 14.4 Å². The average molecular weight is 385 g/mol. The summed E-state index contributed by atoms with van der Waals surface area (Å²) in [5, 5.41) is 0. The van der Waals surface area contributed by atoms with Crippen LogP contribution in [0.5, 0.6) is 0 Å². The molecule has 0 aliphatic carbocycles. The van der Waals surface area contributed by atoms with E-state index in [2.05, 4.69) is 32.6 Å². The van der Waals surface area contributed by atoms with Crippen LogP contribution in [0.25, 0.3) is 0 Å². The first-order chi connectivity index (χ1) is 13.0. The Balaban J connectivity index is 0.000000271. The predicted octanol–water partition coefficient (Wildman–Crippen LogP) is 4.80. The van der Waals surface area contributed by atoms with E-state index in [-0.39, 0.29) is 6.09 Å². The number of hydrogen-bond acceptors (Lipinski definition) is 4. The number of morpholine rings is 1. The molecule has 0 saturated carbocycles. The van der Waals surface area contributed by atoms with E-state index in [1.165, 1.54) is 32.2 Å². The first-order valence-electron chi connectivity index (χ1n) is 11.2. The highest BCUT2D eigenvalue weighted by molar-refractivity contribution is 5.67. The highest BCUT2D eigenvalue weighted by Crippen LogP contribution is 2.10. The Hall–Kier alpha value is -0.810. The van der Waals surface area contributed by atoms with E-state index >= 15 is 0 Å². The second kappa shape index (κ2) is 15.2. The number of carbonyl (C=O) groups excluding carboxylic acids is 1. The molecule has 0 aromatic heterocycles. The van der Waals surface area contributed by atoms with E-state index in [4.69, 9.17) is 9.47 Å². The molecule has 160 valence electrons. The molecule has 0 aromatic carbocycles. The molecule has 27 heavy (non-hydrogen) atoms. The van der Waals surface area contributed by atoms with E-state index in [0.717, 1.165) is 64.6 Å². The molecule has 2 fully saturated rings. The lowest BCUT2D eigenvalue weighted by Crippen LogP contribution is -2.36. The molecule has 5 nitrogen and oxygen atoms in total. The molecule has 0 atom stereocenters. The number of carbonyl (C=O) groups is 1. The molecular formula is C22H44N2O3. The van der Waals surface area contributed by atoms with Crippen LogP contribution in [0.2, 0.25) is 0 Å². The third-order valence-electron chi connectivity index (χ3n) is 5.14. The largest absolute Gasteiger partial charge is 0.449 e. The van der Waals surface area contributed by atoms with Crippen molar-refractivity contribution in [2.75, 3.05) is 52.5 Å². The highest BCUT2D eigenvalue weighted by atomic mass is 16.6. The molecule has 1 amide bonds. The first-order valence-corrected chi connectivity index (χ1v) is 11.2. The number of piperidine rings is 1. The smallest absolute Gasteiger partial charge is 0.409 e. The number of ether oxygens (including phenoxy) is 2. The maximum atomic E-state index is 11.5. The zero-order valence-electron chi connectivity index (χ0n) is 18.4. The second-order valence-electron chi connectivity index (χ2n) is 8.69. The SMILES string of the molecule is CC(C)CCCCN1CCOCC1.CC(C)CCOC(=O)N1CCCCC1. The molecule has 0 spiro atoms. The summed E-state index contributed by atoms with van der Waals surface area (Å²) in [6, 6.07) is 0. The third-order valence-corrected chi connectivity index (χ3v) is 5.14. The Bertz CT molecular complexity index is 363. The van der Waals surface area contributed by atoms with Crippen LogP contribution in [-0.4, -0.2) is 68.4 Å². The van der Waals surface area contributed by atoms with E-state index in [1.54, 1.807) is 0 Å². The van der Waals surface area contributed by atoms with Gasteiger partial charge in [-0.3, -0.25) is 4.90 Å². The molecule has 2 heterocycles. The fourth-order valence-electron chi connectivity index (χ4n) is 3.26. The number of amides is 1. The minimum absolute atomic E-state index is 0.120. The number of hydrogen-bond donors (Lipinski definition) is 0. The Morgan fingerprint density at radius 1 is 0.889 bits per heavy atom. The van der Waals surface area contributed by atoms with Gasteiger partial charge >= 0.3 is 6.09 Å². The molecule has 0 radical (unpaired) electrons. The summed E-state index contributed by atoms with van der Waals surface area (Å²) in [5.41, 5.74) is 0. The van der Waals surface area contributed by atoms with Crippen LogP contribution in [-0.2, 0) is 9.47 Å². The molecule has 0 unspecified atom stereocenters. The molecule has 2 aliphatic heterocycles. The first kappa shape index (κ1) is 24.2. The molecule has 2 aliphatic rings. The maximum Gasteiger partial charge on any atom is 0.409 e. The molecule has 0 bridgehead atoms. The summed E-state index contributed by atoms with van der Waals surface area (Å²) in [4.78, 5) is 15.8. The Kier molecular flexibility index (Phi) is 13.6. The molecule has 2 rings (SSSR count). The van der Waals surface area contributed by atoms with Gasteiger partial charge in [-0.1, -0.05) is 40.5 Å². The fraction of sp³-hybridized carbons (Fsp3) is 0.955. The van der Waals surface area contributed by atoms with Gasteiger partial charge in [0, 0.05) is 26.2 Å². The van der Waals surface area contributed by atoms with Crippen molar-refractivity contribution >= 4 is 6.09 Å². The summed E-state index contributed by atoms with van der Waals surface area (Å²) in [6.07, 6.45) is 8.45. The van der Waals surface area contributed by atoms with Crippen molar-refractivity contribution in [2.45, 2.75) is 72.6 Å². The van der Waals surface area contributed by atoms with Crippen LogP contribution >= 0.6 is 0 Å². The quantitative estimate of drug-likeness (QED) is 0.564. The predicted molar refractivity (Wildman–Crippen MR) is 112 cm³/mol. The van der Waals surface area contributed by atoms with Crippen LogP contribution in [0.4, 0.5) is 4.79 Å². The number of nitrogens with zero attached hydrogens (tertiary/aromatic N) is 2. The van der Waals surface area contributed by atoms with Gasteiger partial charge in [-0.25, -0.2) is 4.79 Å². The summed E-state index contributed by atoms with van der Waals surface area (Å²) in [6.45, 7) is 16.6. The van der Waals surface area contributed by atoms with Crippen LogP contribution in [0, 0.1) is 11.8 Å². The summed E-state index contributed by atoms with van der Waals surface area (Å²) in [5.74, 6) is 1.47. The van der Waals surface area contributed by atoms with Gasteiger partial charge in [0.05, 0.1) is 19.8 Å². The van der Waals surface area contributed by atoms with Crippen LogP contribution in [0.1, 0.15) is 72.6 Å². The topological polar surface area (TPSA) is 42.0 Å². The van der Waals surface area contributed by atoms with Crippen molar-refractivity contribution in [3.8, 4) is 0 Å². The Morgan fingerprint density at radius 3 is 2.11 bits per heavy atom. The lowest BCUT2D eigenvalue weighted by atomic mass is 10.1. The number of rotatable bonds is 8. The number of likely N-dealkylation sites (tertiary alicyclic amines) is 1. The van der Waals surface area contributed by atoms with Gasteiger partial charge in [-0.2, -0.15) is 0 Å². The number of unbranched alkanes of at least 4 members (excludes halogenated alkanes) is 1. The average Bonchev–Trinajstić information content (AvgIpc) is 2.67. The summed E-state index contributed by atoms with van der Waals surface area (Å²) < 4.78 is 10.5. The van der Waals surface area contributed by atoms with Crippen molar-refractivity contribution in [1.29, 1.82) is 0 Å². The van der Waals surface area contributed by atoms with E-state index < -0.39 is 0 Å². The monoisotopic (exact) mass is 384 g/mol. The van der Waals surface area contributed by atoms with Gasteiger partial charge in [0.15, 0.2) is 0 Å². The van der Waals surface area contributed by atoms with Gasteiger partial charge in [0.1, 0.15) is 0 Å². The lowest BCUT2D eigenvalue weighted by Gasteiger charge is -2.26. The van der Waals surface area contributed by atoms with Crippen molar-refractivity contribution in [1.82, 2.24) is 9.80 Å². The van der Waals surface area contributed by atoms with Gasteiger partial charge in [0.25, 0.3) is 0 Å². The Morgan fingerprint density at radius 2 is 1.52 bits per heavy atom. The van der Waals surface area contributed by atoms with Crippen LogP contribution in [0.15, 0.2) is 0 Å². The molecule has 5 heteroatoms.